The Morgan fingerprint density at radius 3 is 2.29 bits per heavy atom. The van der Waals surface area contributed by atoms with Gasteiger partial charge in [0.2, 0.25) is 5.91 Å². The third-order valence-electron chi connectivity index (χ3n) is 5.01. The normalized spacial score (nSPS) is 16.3. The van der Waals surface area contributed by atoms with Crippen molar-refractivity contribution in [1.82, 2.24) is 14.5 Å². The second kappa shape index (κ2) is 6.70. The van der Waals surface area contributed by atoms with Crippen LogP contribution in [0, 0.1) is 0 Å². The number of alkyl halides is 2. The lowest BCUT2D eigenvalue weighted by Gasteiger charge is -2.31. The molecule has 1 aromatic heterocycles. The Bertz CT molecular complexity index is 1050. The Morgan fingerprint density at radius 1 is 1.00 bits per heavy atom. The molecule has 1 saturated heterocycles. The predicted octanol–water partition coefficient (Wildman–Crippen LogP) is 3.00. The van der Waals surface area contributed by atoms with Crippen molar-refractivity contribution in [3.05, 3.63) is 59.9 Å². The molecule has 8 heteroatoms. The molecule has 0 aliphatic carbocycles. The molecule has 144 valence electrons. The van der Waals surface area contributed by atoms with E-state index in [9.17, 15) is 18.4 Å². The summed E-state index contributed by atoms with van der Waals surface area (Å²) < 4.78 is 28.4. The number of halogens is 2. The minimum atomic E-state index is -2.69. The number of imidazole rings is 1. The van der Waals surface area contributed by atoms with E-state index in [1.165, 1.54) is 4.90 Å². The fraction of sp³-hybridized carbons (Fsp3) is 0.250. The van der Waals surface area contributed by atoms with E-state index in [2.05, 4.69) is 4.98 Å². The molecule has 3 aromatic rings. The maximum atomic E-state index is 13.3. The van der Waals surface area contributed by atoms with Crippen molar-refractivity contribution in [2.24, 2.45) is 5.73 Å². The number of hydrogen-bond acceptors (Lipinski definition) is 3. The molecule has 2 aromatic carbocycles. The van der Waals surface area contributed by atoms with Gasteiger partial charge in [0.05, 0.1) is 11.0 Å². The van der Waals surface area contributed by atoms with Gasteiger partial charge in [-0.05, 0) is 42.5 Å². The number of nitrogens with zero attached hydrogens (tertiary/aromatic N) is 3. The molecule has 2 N–H and O–H groups in total. The molecule has 0 saturated carbocycles. The van der Waals surface area contributed by atoms with Crippen molar-refractivity contribution in [2.75, 3.05) is 13.1 Å². The summed E-state index contributed by atoms with van der Waals surface area (Å²) in [6.45, 7) is 0.0923. The van der Waals surface area contributed by atoms with Crippen molar-refractivity contribution in [3.8, 4) is 5.69 Å². The third-order valence-corrected chi connectivity index (χ3v) is 5.01. The van der Waals surface area contributed by atoms with E-state index in [1.807, 2.05) is 4.57 Å². The van der Waals surface area contributed by atoms with Crippen LogP contribution in [0.3, 0.4) is 0 Å². The van der Waals surface area contributed by atoms with Gasteiger partial charge in [-0.1, -0.05) is 0 Å². The Morgan fingerprint density at radius 2 is 1.64 bits per heavy atom. The van der Waals surface area contributed by atoms with Crippen LogP contribution in [0.5, 0.6) is 0 Å². The molecular weight excluding hydrogens is 366 g/mol. The average Bonchev–Trinajstić information content (AvgIpc) is 3.10. The summed E-state index contributed by atoms with van der Waals surface area (Å²) in [5, 5.41) is 0. The molecule has 2 amide bonds. The van der Waals surface area contributed by atoms with Gasteiger partial charge < -0.3 is 10.6 Å². The highest BCUT2D eigenvalue weighted by Crippen LogP contribution is 2.29. The molecule has 1 aliphatic heterocycles. The summed E-state index contributed by atoms with van der Waals surface area (Å²) in [6.07, 6.45) is 1.01. The van der Waals surface area contributed by atoms with E-state index in [1.54, 1.807) is 48.8 Å². The Kier molecular flexibility index (Phi) is 4.33. The summed E-state index contributed by atoms with van der Waals surface area (Å²) in [5.74, 6) is -3.46. The summed E-state index contributed by atoms with van der Waals surface area (Å²) >= 11 is 0. The number of piperidine rings is 1. The zero-order valence-corrected chi connectivity index (χ0v) is 14.9. The number of carbonyl (C=O) groups is 2. The number of primary amides is 1. The molecular formula is C20H18F2N4O2. The minimum Gasteiger partial charge on any atom is -0.366 e. The first kappa shape index (κ1) is 18.1. The van der Waals surface area contributed by atoms with E-state index in [0.717, 1.165) is 11.2 Å². The second-order valence-electron chi connectivity index (χ2n) is 6.88. The zero-order valence-electron chi connectivity index (χ0n) is 14.9. The number of fused-ring (bicyclic) bond motifs is 1. The van der Waals surface area contributed by atoms with Gasteiger partial charge in [0, 0.05) is 42.7 Å². The molecule has 0 bridgehead atoms. The fourth-order valence-corrected chi connectivity index (χ4v) is 3.36. The summed E-state index contributed by atoms with van der Waals surface area (Å²) in [6, 6.07) is 11.9. The van der Waals surface area contributed by atoms with Gasteiger partial charge in [-0.25, -0.2) is 13.8 Å². The quantitative estimate of drug-likeness (QED) is 0.754. The lowest BCUT2D eigenvalue weighted by molar-refractivity contribution is -0.0494. The van der Waals surface area contributed by atoms with Gasteiger partial charge in [-0.15, -0.1) is 0 Å². The molecule has 2 heterocycles. The lowest BCUT2D eigenvalue weighted by atomic mass is 10.1. The summed E-state index contributed by atoms with van der Waals surface area (Å²) in [5.41, 5.74) is 8.29. The zero-order chi connectivity index (χ0) is 19.9. The van der Waals surface area contributed by atoms with E-state index >= 15 is 0 Å². The predicted molar refractivity (Wildman–Crippen MR) is 99.7 cm³/mol. The van der Waals surface area contributed by atoms with Crippen molar-refractivity contribution in [2.45, 2.75) is 18.8 Å². The van der Waals surface area contributed by atoms with Gasteiger partial charge in [0.15, 0.2) is 0 Å². The molecule has 0 radical (unpaired) electrons. The molecule has 0 unspecified atom stereocenters. The van der Waals surface area contributed by atoms with Crippen LogP contribution in [0.2, 0.25) is 0 Å². The number of carbonyl (C=O) groups excluding carboxylic acids is 2. The first-order valence-electron chi connectivity index (χ1n) is 8.88. The fourth-order valence-electron chi connectivity index (χ4n) is 3.36. The highest BCUT2D eigenvalue weighted by molar-refractivity contribution is 5.97. The van der Waals surface area contributed by atoms with Gasteiger partial charge >= 0.3 is 0 Å². The van der Waals surface area contributed by atoms with E-state index in [0.29, 0.717) is 16.6 Å². The van der Waals surface area contributed by atoms with Crippen LogP contribution in [0.25, 0.3) is 16.7 Å². The number of hydrogen-bond donors (Lipinski definition) is 1. The Balaban J connectivity index is 1.59. The summed E-state index contributed by atoms with van der Waals surface area (Å²) in [4.78, 5) is 29.6. The third kappa shape index (κ3) is 3.33. The van der Waals surface area contributed by atoms with Gasteiger partial charge in [-0.2, -0.15) is 0 Å². The minimum absolute atomic E-state index is 0.0462. The number of aromatic nitrogens is 2. The van der Waals surface area contributed by atoms with Crippen molar-refractivity contribution >= 4 is 22.8 Å². The maximum absolute atomic E-state index is 13.3. The van der Waals surface area contributed by atoms with Gasteiger partial charge in [0.1, 0.15) is 6.33 Å². The number of rotatable bonds is 3. The van der Waals surface area contributed by atoms with Crippen molar-refractivity contribution in [3.63, 3.8) is 0 Å². The molecule has 1 fully saturated rings. The smallest absolute Gasteiger partial charge is 0.253 e. The highest BCUT2D eigenvalue weighted by Gasteiger charge is 2.35. The van der Waals surface area contributed by atoms with Crippen LogP contribution in [0.1, 0.15) is 33.6 Å². The number of likely N-dealkylation sites (tertiary alicyclic amines) is 1. The van der Waals surface area contributed by atoms with Crippen LogP contribution in [0.4, 0.5) is 8.78 Å². The number of nitrogens with two attached hydrogens (primary N) is 1. The maximum Gasteiger partial charge on any atom is 0.253 e. The standard InChI is InChI=1S/C20H18F2N4O2/c21-20(22)7-9-25(10-8-20)19(28)14-3-6-17-16(11-14)24-12-26(17)15-4-1-13(2-5-15)18(23)27/h1-6,11-12H,7-10H2,(H2,23,27). The first-order chi connectivity index (χ1) is 13.3. The topological polar surface area (TPSA) is 81.2 Å². The van der Waals surface area contributed by atoms with Crippen LogP contribution in [-0.4, -0.2) is 45.3 Å². The van der Waals surface area contributed by atoms with E-state index < -0.39 is 11.8 Å². The molecule has 6 nitrogen and oxygen atoms in total. The molecule has 0 spiro atoms. The SMILES string of the molecule is NC(=O)c1ccc(-n2cnc3cc(C(=O)N4CCC(F)(F)CC4)ccc32)cc1. The largest absolute Gasteiger partial charge is 0.366 e. The Hall–Kier alpha value is -3.29. The molecule has 28 heavy (non-hydrogen) atoms. The lowest BCUT2D eigenvalue weighted by Crippen LogP contribution is -2.42. The average molecular weight is 384 g/mol. The van der Waals surface area contributed by atoms with Crippen LogP contribution in [-0.2, 0) is 0 Å². The Labute approximate surface area is 159 Å². The van der Waals surface area contributed by atoms with E-state index in [-0.39, 0.29) is 31.8 Å². The monoisotopic (exact) mass is 384 g/mol. The van der Waals surface area contributed by atoms with E-state index in [4.69, 9.17) is 5.73 Å². The highest BCUT2D eigenvalue weighted by atomic mass is 19.3. The van der Waals surface area contributed by atoms with Gasteiger partial charge in [-0.3, -0.25) is 14.2 Å². The molecule has 1 aliphatic rings. The van der Waals surface area contributed by atoms with Crippen molar-refractivity contribution in [1.29, 1.82) is 0 Å². The molecule has 4 rings (SSSR count). The van der Waals surface area contributed by atoms with Crippen LogP contribution >= 0.6 is 0 Å². The summed E-state index contributed by atoms with van der Waals surface area (Å²) in [7, 11) is 0. The first-order valence-corrected chi connectivity index (χ1v) is 8.88. The van der Waals surface area contributed by atoms with Gasteiger partial charge in [0.25, 0.3) is 11.8 Å². The number of amides is 2. The second-order valence-corrected chi connectivity index (χ2v) is 6.88. The van der Waals surface area contributed by atoms with Crippen LogP contribution in [0.15, 0.2) is 48.8 Å². The van der Waals surface area contributed by atoms with Crippen molar-refractivity contribution < 1.29 is 18.4 Å². The number of benzene rings is 2. The molecule has 0 atom stereocenters. The van der Waals surface area contributed by atoms with Crippen LogP contribution < -0.4 is 5.73 Å².